The van der Waals surface area contributed by atoms with E-state index in [9.17, 15) is 0 Å². The maximum atomic E-state index is 5.76. The predicted octanol–water partition coefficient (Wildman–Crippen LogP) is 0.474. The first kappa shape index (κ1) is 12.3. The van der Waals surface area contributed by atoms with Gasteiger partial charge in [-0.2, -0.15) is 0 Å². The van der Waals surface area contributed by atoms with Gasteiger partial charge in [0.2, 0.25) is 0 Å². The molecule has 94 valence electrons. The Morgan fingerprint density at radius 3 is 2.75 bits per heavy atom. The van der Waals surface area contributed by atoms with Gasteiger partial charge < -0.3 is 19.7 Å². The van der Waals surface area contributed by atoms with E-state index in [1.54, 1.807) is 0 Å². The van der Waals surface area contributed by atoms with Crippen molar-refractivity contribution in [3.8, 4) is 0 Å². The number of nitrogens with one attached hydrogen (secondary N) is 1. The lowest BCUT2D eigenvalue weighted by Gasteiger charge is -2.30. The average Bonchev–Trinajstić information content (AvgIpc) is 2.64. The molecule has 2 aliphatic heterocycles. The van der Waals surface area contributed by atoms with E-state index >= 15 is 0 Å². The average molecular weight is 228 g/mol. The molecular weight excluding hydrogens is 204 g/mol. The van der Waals surface area contributed by atoms with Gasteiger partial charge in [0.1, 0.15) is 0 Å². The molecular formula is C12H24N2O2. The molecule has 0 bridgehead atoms. The molecule has 4 nitrogen and oxygen atoms in total. The number of rotatable bonds is 4. The third-order valence-electron chi connectivity index (χ3n) is 3.41. The Morgan fingerprint density at radius 1 is 1.25 bits per heavy atom. The van der Waals surface area contributed by atoms with E-state index in [4.69, 9.17) is 9.47 Å². The first-order chi connectivity index (χ1) is 7.74. The van der Waals surface area contributed by atoms with Crippen LogP contribution in [0.1, 0.15) is 19.8 Å². The van der Waals surface area contributed by atoms with Crippen molar-refractivity contribution in [3.05, 3.63) is 0 Å². The van der Waals surface area contributed by atoms with Crippen molar-refractivity contribution in [2.75, 3.05) is 39.8 Å². The number of morpholine rings is 1. The minimum Gasteiger partial charge on any atom is -0.374 e. The van der Waals surface area contributed by atoms with E-state index < -0.39 is 0 Å². The minimum absolute atomic E-state index is 0.345. The van der Waals surface area contributed by atoms with Crippen molar-refractivity contribution in [3.63, 3.8) is 0 Å². The zero-order valence-electron chi connectivity index (χ0n) is 10.4. The Bertz CT molecular complexity index is 213. The van der Waals surface area contributed by atoms with Crippen molar-refractivity contribution < 1.29 is 9.47 Å². The normalized spacial score (nSPS) is 36.8. The molecule has 16 heavy (non-hydrogen) atoms. The lowest BCUT2D eigenvalue weighted by molar-refractivity contribution is -0.0202. The van der Waals surface area contributed by atoms with Crippen LogP contribution in [-0.2, 0) is 9.47 Å². The summed E-state index contributed by atoms with van der Waals surface area (Å²) in [6.07, 6.45) is 3.60. The van der Waals surface area contributed by atoms with E-state index in [2.05, 4.69) is 24.2 Å². The maximum Gasteiger partial charge on any atom is 0.0826 e. The molecule has 0 aromatic heterocycles. The van der Waals surface area contributed by atoms with Crippen molar-refractivity contribution in [1.29, 1.82) is 0 Å². The van der Waals surface area contributed by atoms with E-state index in [0.29, 0.717) is 18.3 Å². The van der Waals surface area contributed by atoms with Gasteiger partial charge in [-0.15, -0.1) is 0 Å². The number of ether oxygens (including phenoxy) is 2. The van der Waals surface area contributed by atoms with Gasteiger partial charge in [-0.3, -0.25) is 0 Å². The molecule has 3 unspecified atom stereocenters. The van der Waals surface area contributed by atoms with Crippen LogP contribution in [-0.4, -0.2) is 63.0 Å². The summed E-state index contributed by atoms with van der Waals surface area (Å²) in [5.41, 5.74) is 0. The van der Waals surface area contributed by atoms with Gasteiger partial charge in [-0.1, -0.05) is 0 Å². The second-order valence-corrected chi connectivity index (χ2v) is 5.06. The van der Waals surface area contributed by atoms with Crippen molar-refractivity contribution in [2.45, 2.75) is 38.1 Å². The second-order valence-electron chi connectivity index (χ2n) is 5.06. The first-order valence-electron chi connectivity index (χ1n) is 6.40. The lowest BCUT2D eigenvalue weighted by atomic mass is 10.2. The number of likely N-dealkylation sites (N-methyl/N-ethyl adjacent to an activating group) is 1. The molecule has 0 aromatic rings. The molecule has 0 aliphatic carbocycles. The summed E-state index contributed by atoms with van der Waals surface area (Å²) >= 11 is 0. The minimum atomic E-state index is 0.345. The molecule has 2 heterocycles. The van der Waals surface area contributed by atoms with Gasteiger partial charge in [0.05, 0.1) is 24.9 Å². The first-order valence-corrected chi connectivity index (χ1v) is 6.40. The zero-order valence-corrected chi connectivity index (χ0v) is 10.4. The monoisotopic (exact) mass is 228 g/mol. The summed E-state index contributed by atoms with van der Waals surface area (Å²) < 4.78 is 11.4. The Balaban J connectivity index is 1.57. The molecule has 0 saturated carbocycles. The summed E-state index contributed by atoms with van der Waals surface area (Å²) in [4.78, 5) is 2.32. The zero-order chi connectivity index (χ0) is 11.4. The summed E-state index contributed by atoms with van der Waals surface area (Å²) in [5, 5.41) is 3.46. The summed E-state index contributed by atoms with van der Waals surface area (Å²) in [5.74, 6) is 0. The van der Waals surface area contributed by atoms with Crippen LogP contribution in [0.2, 0.25) is 0 Å². The van der Waals surface area contributed by atoms with Crippen LogP contribution in [0.25, 0.3) is 0 Å². The Labute approximate surface area is 98.3 Å². The summed E-state index contributed by atoms with van der Waals surface area (Å²) in [6, 6.07) is 0. The highest BCUT2D eigenvalue weighted by molar-refractivity contribution is 4.75. The fourth-order valence-corrected chi connectivity index (χ4v) is 2.43. The molecule has 1 N–H and O–H groups in total. The van der Waals surface area contributed by atoms with Crippen LogP contribution in [0.5, 0.6) is 0 Å². The molecule has 2 fully saturated rings. The van der Waals surface area contributed by atoms with Crippen LogP contribution < -0.4 is 5.32 Å². The van der Waals surface area contributed by atoms with Crippen molar-refractivity contribution in [1.82, 2.24) is 10.2 Å². The van der Waals surface area contributed by atoms with Crippen LogP contribution in [0.3, 0.4) is 0 Å². The third-order valence-corrected chi connectivity index (χ3v) is 3.41. The largest absolute Gasteiger partial charge is 0.374 e. The number of nitrogens with zero attached hydrogens (tertiary/aromatic N) is 1. The highest BCUT2D eigenvalue weighted by Crippen LogP contribution is 2.18. The maximum absolute atomic E-state index is 5.76. The highest BCUT2D eigenvalue weighted by atomic mass is 16.5. The SMILES string of the molecule is CC1CCC(CNCC2CN(C)CCO2)O1. The smallest absolute Gasteiger partial charge is 0.0826 e. The summed E-state index contributed by atoms with van der Waals surface area (Å²) in [6.45, 7) is 7.01. The molecule has 0 radical (unpaired) electrons. The fourth-order valence-electron chi connectivity index (χ4n) is 2.43. The quantitative estimate of drug-likeness (QED) is 0.758. The Morgan fingerprint density at radius 2 is 2.06 bits per heavy atom. The summed E-state index contributed by atoms with van der Waals surface area (Å²) in [7, 11) is 2.15. The molecule has 0 spiro atoms. The second kappa shape index (κ2) is 5.96. The number of hydrogen-bond acceptors (Lipinski definition) is 4. The predicted molar refractivity (Wildman–Crippen MR) is 63.7 cm³/mol. The fraction of sp³-hybridized carbons (Fsp3) is 1.00. The Hall–Kier alpha value is -0.160. The number of hydrogen-bond donors (Lipinski definition) is 1. The molecule has 0 amide bonds. The molecule has 0 aromatic carbocycles. The Kier molecular flexibility index (Phi) is 4.58. The van der Waals surface area contributed by atoms with Crippen molar-refractivity contribution >= 4 is 0 Å². The molecule has 2 aliphatic rings. The van der Waals surface area contributed by atoms with Crippen LogP contribution >= 0.6 is 0 Å². The van der Waals surface area contributed by atoms with Gasteiger partial charge in [0.25, 0.3) is 0 Å². The standard InChI is InChI=1S/C12H24N2O2/c1-10-3-4-11(16-10)7-13-8-12-9-14(2)5-6-15-12/h10-13H,3-9H2,1-2H3. The van der Waals surface area contributed by atoms with Gasteiger partial charge >= 0.3 is 0 Å². The lowest BCUT2D eigenvalue weighted by Crippen LogP contribution is -2.45. The van der Waals surface area contributed by atoms with E-state index in [1.807, 2.05) is 0 Å². The third kappa shape index (κ3) is 3.70. The topological polar surface area (TPSA) is 33.7 Å². The van der Waals surface area contributed by atoms with Gasteiger partial charge in [-0.25, -0.2) is 0 Å². The van der Waals surface area contributed by atoms with Crippen LogP contribution in [0.4, 0.5) is 0 Å². The van der Waals surface area contributed by atoms with E-state index in [0.717, 1.165) is 32.8 Å². The van der Waals surface area contributed by atoms with E-state index in [1.165, 1.54) is 12.8 Å². The van der Waals surface area contributed by atoms with Crippen LogP contribution in [0.15, 0.2) is 0 Å². The molecule has 4 heteroatoms. The van der Waals surface area contributed by atoms with Crippen molar-refractivity contribution in [2.24, 2.45) is 0 Å². The van der Waals surface area contributed by atoms with Crippen LogP contribution in [0, 0.1) is 0 Å². The van der Waals surface area contributed by atoms with Gasteiger partial charge in [0.15, 0.2) is 0 Å². The molecule has 2 rings (SSSR count). The highest BCUT2D eigenvalue weighted by Gasteiger charge is 2.22. The van der Waals surface area contributed by atoms with Gasteiger partial charge in [0, 0.05) is 26.2 Å². The van der Waals surface area contributed by atoms with Gasteiger partial charge in [-0.05, 0) is 26.8 Å². The molecule has 3 atom stereocenters. The molecule has 2 saturated heterocycles. The van der Waals surface area contributed by atoms with E-state index in [-0.39, 0.29) is 0 Å².